The number of carbonyl (C=O) groups is 1. The lowest BCUT2D eigenvalue weighted by atomic mass is 10.2. The summed E-state index contributed by atoms with van der Waals surface area (Å²) in [6, 6.07) is 7.25. The highest BCUT2D eigenvalue weighted by Crippen LogP contribution is 2.32. The van der Waals surface area contributed by atoms with Gasteiger partial charge in [0.1, 0.15) is 0 Å². The number of carbonyl (C=O) groups excluding carboxylic acids is 1. The van der Waals surface area contributed by atoms with Crippen LogP contribution in [0, 0.1) is 0 Å². The third-order valence-electron chi connectivity index (χ3n) is 3.96. The lowest BCUT2D eigenvalue weighted by molar-refractivity contribution is -0.114. The van der Waals surface area contributed by atoms with E-state index in [2.05, 4.69) is 11.7 Å². The molecule has 1 aromatic carbocycles. The number of anilines is 1. The topological polar surface area (TPSA) is 65.8 Å². The number of hydrogen-bond donors (Lipinski definition) is 0. The average molecular weight is 359 g/mol. The summed E-state index contributed by atoms with van der Waals surface area (Å²) in [5.74, 6) is 0.953. The molecule has 0 atom stereocenters. The summed E-state index contributed by atoms with van der Waals surface area (Å²) in [6.45, 7) is 5.36. The van der Waals surface area contributed by atoms with E-state index < -0.39 is 0 Å². The molecule has 7 heteroatoms. The second-order valence-corrected chi connectivity index (χ2v) is 5.56. The van der Waals surface area contributed by atoms with E-state index in [0.717, 1.165) is 18.7 Å². The molecule has 2 aromatic rings. The number of aryl methyl sites for hydroxylation is 1. The summed E-state index contributed by atoms with van der Waals surface area (Å²) >= 11 is 0. The fourth-order valence-electron chi connectivity index (χ4n) is 2.62. The Balaban J connectivity index is 2.28. The monoisotopic (exact) mass is 359 g/mol. The van der Waals surface area contributed by atoms with Gasteiger partial charge in [-0.1, -0.05) is 6.58 Å². The highest BCUT2D eigenvalue weighted by Gasteiger charge is 2.18. The molecular formula is C19H25N3O4. The van der Waals surface area contributed by atoms with E-state index in [9.17, 15) is 4.79 Å². The van der Waals surface area contributed by atoms with Crippen LogP contribution in [0.15, 0.2) is 43.1 Å². The van der Waals surface area contributed by atoms with E-state index in [0.29, 0.717) is 30.3 Å². The maximum atomic E-state index is 12.5. The summed E-state index contributed by atoms with van der Waals surface area (Å²) in [7, 11) is 4.81. The number of aromatic nitrogens is 2. The third kappa shape index (κ3) is 4.64. The Hall–Kier alpha value is -2.80. The van der Waals surface area contributed by atoms with Crippen LogP contribution in [0.25, 0.3) is 0 Å². The van der Waals surface area contributed by atoms with Gasteiger partial charge in [-0.3, -0.25) is 9.48 Å². The van der Waals surface area contributed by atoms with E-state index in [1.54, 1.807) is 44.6 Å². The van der Waals surface area contributed by atoms with Gasteiger partial charge in [0.15, 0.2) is 11.5 Å². The molecule has 0 N–H and O–H groups in total. The molecule has 0 unspecified atom stereocenters. The number of methoxy groups -OCH3 is 3. The summed E-state index contributed by atoms with van der Waals surface area (Å²) in [5, 5.41) is 4.33. The van der Waals surface area contributed by atoms with Gasteiger partial charge >= 0.3 is 0 Å². The van der Waals surface area contributed by atoms with Gasteiger partial charge in [-0.05, 0) is 30.7 Å². The Morgan fingerprint density at radius 3 is 2.65 bits per heavy atom. The van der Waals surface area contributed by atoms with Crippen molar-refractivity contribution in [3.63, 3.8) is 0 Å². The Bertz CT molecular complexity index is 742. The number of benzene rings is 1. The van der Waals surface area contributed by atoms with E-state index in [1.807, 2.05) is 16.8 Å². The lowest BCUT2D eigenvalue weighted by Crippen LogP contribution is -2.30. The van der Waals surface area contributed by atoms with Gasteiger partial charge in [-0.2, -0.15) is 5.10 Å². The Kier molecular flexibility index (Phi) is 7.23. The molecule has 0 aliphatic carbocycles. The Morgan fingerprint density at radius 2 is 2.00 bits per heavy atom. The molecule has 0 radical (unpaired) electrons. The van der Waals surface area contributed by atoms with E-state index in [1.165, 1.54) is 6.08 Å². The molecule has 0 saturated carbocycles. The molecule has 1 aromatic heterocycles. The fourth-order valence-corrected chi connectivity index (χ4v) is 2.62. The average Bonchev–Trinajstić information content (AvgIpc) is 3.12. The van der Waals surface area contributed by atoms with Crippen LogP contribution in [0.1, 0.15) is 12.1 Å². The summed E-state index contributed by atoms with van der Waals surface area (Å²) in [4.78, 5) is 14.1. The SMILES string of the molecule is C=CC(=O)N(Cc1ccnn1CCCOC)c1ccc(OC)c(OC)c1. The van der Waals surface area contributed by atoms with Crippen molar-refractivity contribution in [2.45, 2.75) is 19.5 Å². The fraction of sp³-hybridized carbons (Fsp3) is 0.368. The molecule has 2 rings (SSSR count). The molecule has 0 spiro atoms. The zero-order valence-electron chi connectivity index (χ0n) is 15.5. The van der Waals surface area contributed by atoms with Crippen molar-refractivity contribution in [2.75, 3.05) is 32.8 Å². The number of rotatable bonds is 10. The van der Waals surface area contributed by atoms with Crippen molar-refractivity contribution in [1.29, 1.82) is 0 Å². The highest BCUT2D eigenvalue weighted by molar-refractivity contribution is 6.01. The molecule has 0 fully saturated rings. The molecule has 1 heterocycles. The smallest absolute Gasteiger partial charge is 0.250 e. The summed E-state index contributed by atoms with van der Waals surface area (Å²) < 4.78 is 17.6. The minimum atomic E-state index is -0.207. The number of hydrogen-bond acceptors (Lipinski definition) is 5. The Morgan fingerprint density at radius 1 is 1.23 bits per heavy atom. The molecule has 7 nitrogen and oxygen atoms in total. The van der Waals surface area contributed by atoms with Crippen molar-refractivity contribution in [3.05, 3.63) is 48.8 Å². The van der Waals surface area contributed by atoms with Crippen LogP contribution in [0.4, 0.5) is 5.69 Å². The number of ether oxygens (including phenoxy) is 3. The quantitative estimate of drug-likeness (QED) is 0.482. The van der Waals surface area contributed by atoms with Gasteiger partial charge in [-0.25, -0.2) is 0 Å². The standard InChI is InChI=1S/C19H25N3O4/c1-5-19(23)21(15-7-8-17(25-3)18(13-15)26-4)14-16-9-10-20-22(16)11-6-12-24-2/h5,7-10,13H,1,6,11-12,14H2,2-4H3. The second-order valence-electron chi connectivity index (χ2n) is 5.56. The predicted molar refractivity (Wildman–Crippen MR) is 99.7 cm³/mol. The zero-order chi connectivity index (χ0) is 18.9. The molecule has 0 saturated heterocycles. The first-order chi connectivity index (χ1) is 12.6. The van der Waals surface area contributed by atoms with Gasteiger partial charge in [0.25, 0.3) is 5.91 Å². The number of nitrogens with zero attached hydrogens (tertiary/aromatic N) is 3. The maximum absolute atomic E-state index is 12.5. The highest BCUT2D eigenvalue weighted by atomic mass is 16.5. The van der Waals surface area contributed by atoms with E-state index >= 15 is 0 Å². The first-order valence-corrected chi connectivity index (χ1v) is 8.30. The lowest BCUT2D eigenvalue weighted by Gasteiger charge is -2.23. The van der Waals surface area contributed by atoms with Gasteiger partial charge in [0.05, 0.1) is 26.5 Å². The first kappa shape index (κ1) is 19.5. The molecule has 140 valence electrons. The van der Waals surface area contributed by atoms with Gasteiger partial charge < -0.3 is 19.1 Å². The predicted octanol–water partition coefficient (Wildman–Crippen LogP) is 2.66. The number of amides is 1. The molecule has 26 heavy (non-hydrogen) atoms. The molecule has 0 aliphatic heterocycles. The first-order valence-electron chi connectivity index (χ1n) is 8.30. The van der Waals surface area contributed by atoms with Crippen molar-refractivity contribution < 1.29 is 19.0 Å². The second kappa shape index (κ2) is 9.62. The zero-order valence-corrected chi connectivity index (χ0v) is 15.5. The normalized spacial score (nSPS) is 10.4. The van der Waals surface area contributed by atoms with Crippen LogP contribution >= 0.6 is 0 Å². The van der Waals surface area contributed by atoms with E-state index in [-0.39, 0.29) is 5.91 Å². The molecular weight excluding hydrogens is 334 g/mol. The van der Waals surface area contributed by atoms with Crippen LogP contribution in [0.3, 0.4) is 0 Å². The minimum Gasteiger partial charge on any atom is -0.493 e. The van der Waals surface area contributed by atoms with Gasteiger partial charge in [0.2, 0.25) is 0 Å². The summed E-state index contributed by atoms with van der Waals surface area (Å²) in [5.41, 5.74) is 1.61. The molecule has 0 aliphatic rings. The maximum Gasteiger partial charge on any atom is 0.250 e. The van der Waals surface area contributed by atoms with Crippen LogP contribution in [-0.4, -0.2) is 43.6 Å². The largest absolute Gasteiger partial charge is 0.493 e. The Labute approximate surface area is 153 Å². The third-order valence-corrected chi connectivity index (χ3v) is 3.96. The van der Waals surface area contributed by atoms with Crippen LogP contribution in [-0.2, 0) is 22.6 Å². The molecule has 0 bridgehead atoms. The molecule has 1 amide bonds. The minimum absolute atomic E-state index is 0.207. The van der Waals surface area contributed by atoms with Crippen LogP contribution < -0.4 is 14.4 Å². The summed E-state index contributed by atoms with van der Waals surface area (Å²) in [6.07, 6.45) is 3.87. The van der Waals surface area contributed by atoms with E-state index in [4.69, 9.17) is 14.2 Å². The van der Waals surface area contributed by atoms with Crippen molar-refractivity contribution >= 4 is 11.6 Å². The van der Waals surface area contributed by atoms with Crippen LogP contribution in [0.2, 0.25) is 0 Å². The van der Waals surface area contributed by atoms with Gasteiger partial charge in [0, 0.05) is 38.2 Å². The van der Waals surface area contributed by atoms with Crippen LogP contribution in [0.5, 0.6) is 11.5 Å². The van der Waals surface area contributed by atoms with Crippen molar-refractivity contribution in [1.82, 2.24) is 9.78 Å². The van der Waals surface area contributed by atoms with Crippen molar-refractivity contribution in [3.8, 4) is 11.5 Å². The van der Waals surface area contributed by atoms with Gasteiger partial charge in [-0.15, -0.1) is 0 Å². The van der Waals surface area contributed by atoms with Crippen molar-refractivity contribution in [2.24, 2.45) is 0 Å².